The fraction of sp³-hybridized carbons (Fsp3) is 0.125. The first-order valence-electron chi connectivity index (χ1n) is 6.33. The molecule has 0 bridgehead atoms. The number of benzene rings is 1. The summed E-state index contributed by atoms with van der Waals surface area (Å²) in [5.74, 6) is 0.224. The largest absolute Gasteiger partial charge is 0.343 e. The Balaban J connectivity index is 3.09. The summed E-state index contributed by atoms with van der Waals surface area (Å²) in [4.78, 5) is 15.7. The third kappa shape index (κ3) is 5.67. The predicted molar refractivity (Wildman–Crippen MR) is 89.9 cm³/mol. The number of anilines is 1. The molecule has 1 aromatic rings. The molecule has 2 N–H and O–H groups in total. The summed E-state index contributed by atoms with van der Waals surface area (Å²) < 4.78 is 0. The van der Waals surface area contributed by atoms with Gasteiger partial charge in [0.1, 0.15) is 5.84 Å². The number of nitrogens with zero attached hydrogens (tertiary/aromatic N) is 1. The Labute approximate surface area is 129 Å². The van der Waals surface area contributed by atoms with E-state index < -0.39 is 0 Å². The van der Waals surface area contributed by atoms with Crippen molar-refractivity contribution in [3.05, 3.63) is 60.3 Å². The van der Waals surface area contributed by atoms with Crippen LogP contribution in [0.2, 0.25) is 0 Å². The lowest BCUT2D eigenvalue weighted by atomic mass is 10.2. The molecule has 1 aromatic carbocycles. The molecular formula is C16H18ClN3O. The second-order valence-corrected chi connectivity index (χ2v) is 4.65. The van der Waals surface area contributed by atoms with Crippen LogP contribution < -0.4 is 10.6 Å². The summed E-state index contributed by atoms with van der Waals surface area (Å²) in [6.45, 7) is 10.8. The number of halogens is 1. The van der Waals surface area contributed by atoms with Gasteiger partial charge < -0.3 is 10.6 Å². The van der Waals surface area contributed by atoms with Gasteiger partial charge in [-0.05, 0) is 38.1 Å². The number of aliphatic imine (C=N–C) groups is 1. The van der Waals surface area contributed by atoms with Crippen molar-refractivity contribution in [2.45, 2.75) is 13.8 Å². The Morgan fingerprint density at radius 3 is 2.71 bits per heavy atom. The van der Waals surface area contributed by atoms with Gasteiger partial charge in [0.15, 0.2) is 0 Å². The Bertz CT molecular complexity index is 618. The number of amidine groups is 1. The average Bonchev–Trinajstić information content (AvgIpc) is 2.45. The first-order chi connectivity index (χ1) is 9.96. The minimum Gasteiger partial charge on any atom is -0.343 e. The fourth-order valence-corrected chi connectivity index (χ4v) is 1.55. The normalized spacial score (nSPS) is 11.8. The van der Waals surface area contributed by atoms with Crippen LogP contribution in [-0.4, -0.2) is 11.7 Å². The van der Waals surface area contributed by atoms with E-state index in [-0.39, 0.29) is 5.91 Å². The van der Waals surface area contributed by atoms with Crippen LogP contribution in [0.4, 0.5) is 11.4 Å². The van der Waals surface area contributed by atoms with Crippen molar-refractivity contribution in [3.8, 4) is 0 Å². The highest BCUT2D eigenvalue weighted by Crippen LogP contribution is 2.20. The molecule has 5 heteroatoms. The Morgan fingerprint density at radius 1 is 1.43 bits per heavy atom. The molecule has 0 aliphatic rings. The zero-order chi connectivity index (χ0) is 15.8. The number of amides is 1. The molecule has 0 heterocycles. The number of hydrogen-bond acceptors (Lipinski definition) is 2. The standard InChI is InChI=1S/C16H18ClN3O/c1-5-14(17)16(18-11(3)4)20-13-9-7-8-12(10-13)19-15(21)6-2/h5-10H,2-3H2,1,4H3,(H,18,20)(H,19,21)/b14-5+. The topological polar surface area (TPSA) is 53.5 Å². The number of carbonyl (C=O) groups excluding carboxylic acids is 1. The van der Waals surface area contributed by atoms with Crippen LogP contribution in [0.3, 0.4) is 0 Å². The molecule has 0 aliphatic carbocycles. The van der Waals surface area contributed by atoms with Crippen LogP contribution in [-0.2, 0) is 4.79 Å². The summed E-state index contributed by atoms with van der Waals surface area (Å²) in [6, 6.07) is 7.11. The molecule has 21 heavy (non-hydrogen) atoms. The van der Waals surface area contributed by atoms with Crippen LogP contribution >= 0.6 is 11.6 Å². The molecule has 0 aliphatic heterocycles. The first-order valence-corrected chi connectivity index (χ1v) is 6.71. The molecule has 0 atom stereocenters. The highest BCUT2D eigenvalue weighted by molar-refractivity contribution is 6.43. The van der Waals surface area contributed by atoms with Gasteiger partial charge in [0.2, 0.25) is 5.91 Å². The predicted octanol–water partition coefficient (Wildman–Crippen LogP) is 4.11. The molecule has 0 saturated carbocycles. The third-order valence-corrected chi connectivity index (χ3v) is 2.75. The zero-order valence-electron chi connectivity index (χ0n) is 12.1. The van der Waals surface area contributed by atoms with Gasteiger partial charge in [-0.25, -0.2) is 4.99 Å². The zero-order valence-corrected chi connectivity index (χ0v) is 12.9. The molecule has 0 saturated heterocycles. The molecule has 0 spiro atoms. The quantitative estimate of drug-likeness (QED) is 0.488. The summed E-state index contributed by atoms with van der Waals surface area (Å²) in [5, 5.41) is 6.16. The summed E-state index contributed by atoms with van der Waals surface area (Å²) in [7, 11) is 0. The van der Waals surface area contributed by atoms with E-state index >= 15 is 0 Å². The van der Waals surface area contributed by atoms with Crippen LogP contribution in [0.1, 0.15) is 13.8 Å². The van der Waals surface area contributed by atoms with Gasteiger partial charge >= 0.3 is 0 Å². The van der Waals surface area contributed by atoms with Crippen LogP contribution in [0, 0.1) is 0 Å². The van der Waals surface area contributed by atoms with E-state index in [0.717, 1.165) is 5.70 Å². The second-order valence-electron chi connectivity index (χ2n) is 4.25. The molecule has 0 radical (unpaired) electrons. The lowest BCUT2D eigenvalue weighted by molar-refractivity contribution is -0.111. The van der Waals surface area contributed by atoms with Gasteiger partial charge in [-0.2, -0.15) is 0 Å². The van der Waals surface area contributed by atoms with Gasteiger partial charge in [-0.1, -0.05) is 36.9 Å². The van der Waals surface area contributed by atoms with E-state index in [9.17, 15) is 4.79 Å². The number of hydrogen-bond donors (Lipinski definition) is 2. The maximum absolute atomic E-state index is 11.3. The lowest BCUT2D eigenvalue weighted by Crippen LogP contribution is -2.20. The fourth-order valence-electron chi connectivity index (χ4n) is 1.46. The van der Waals surface area contributed by atoms with E-state index in [1.54, 1.807) is 24.3 Å². The van der Waals surface area contributed by atoms with Gasteiger partial charge in [-0.15, -0.1) is 0 Å². The molecule has 0 fully saturated rings. The van der Waals surface area contributed by atoms with Crippen molar-refractivity contribution in [1.82, 2.24) is 5.32 Å². The average molecular weight is 304 g/mol. The molecular weight excluding hydrogens is 286 g/mol. The minimum atomic E-state index is -0.275. The molecule has 4 nitrogen and oxygen atoms in total. The Hall–Kier alpha value is -2.33. The summed E-state index contributed by atoms with van der Waals surface area (Å²) in [5.41, 5.74) is 2.01. The van der Waals surface area contributed by atoms with Gasteiger partial charge in [-0.3, -0.25) is 4.79 Å². The van der Waals surface area contributed by atoms with E-state index in [4.69, 9.17) is 11.6 Å². The summed E-state index contributed by atoms with van der Waals surface area (Å²) in [6.07, 6.45) is 2.94. The van der Waals surface area contributed by atoms with E-state index in [1.165, 1.54) is 6.08 Å². The van der Waals surface area contributed by atoms with Crippen molar-refractivity contribution in [2.75, 3.05) is 5.32 Å². The van der Waals surface area contributed by atoms with Crippen molar-refractivity contribution in [3.63, 3.8) is 0 Å². The van der Waals surface area contributed by atoms with Gasteiger partial charge in [0, 0.05) is 11.4 Å². The van der Waals surface area contributed by atoms with E-state index in [0.29, 0.717) is 22.2 Å². The number of nitrogens with one attached hydrogen (secondary N) is 2. The van der Waals surface area contributed by atoms with Crippen molar-refractivity contribution in [2.24, 2.45) is 4.99 Å². The number of carbonyl (C=O) groups is 1. The maximum Gasteiger partial charge on any atom is 0.247 e. The maximum atomic E-state index is 11.3. The molecule has 1 rings (SSSR count). The van der Waals surface area contributed by atoms with E-state index in [1.807, 2.05) is 19.9 Å². The molecule has 110 valence electrons. The van der Waals surface area contributed by atoms with Crippen LogP contribution in [0.5, 0.6) is 0 Å². The Kier molecular flexibility index (Phi) is 6.43. The van der Waals surface area contributed by atoms with Gasteiger partial charge in [0.05, 0.1) is 10.7 Å². The highest BCUT2D eigenvalue weighted by Gasteiger charge is 2.05. The smallest absolute Gasteiger partial charge is 0.247 e. The molecule has 1 amide bonds. The van der Waals surface area contributed by atoms with Crippen LogP contribution in [0.15, 0.2) is 65.3 Å². The highest BCUT2D eigenvalue weighted by atomic mass is 35.5. The van der Waals surface area contributed by atoms with Crippen molar-refractivity contribution in [1.29, 1.82) is 0 Å². The second kappa shape index (κ2) is 8.07. The minimum absolute atomic E-state index is 0.275. The summed E-state index contributed by atoms with van der Waals surface area (Å²) >= 11 is 6.12. The SMILES string of the molecule is C=CC(=O)Nc1cccc(N=C(NC(=C)C)/C(Cl)=C\C)c1. The number of rotatable bonds is 5. The first kappa shape index (κ1) is 16.7. The van der Waals surface area contributed by atoms with Crippen molar-refractivity contribution >= 4 is 34.7 Å². The lowest BCUT2D eigenvalue weighted by Gasteiger charge is -2.09. The van der Waals surface area contributed by atoms with Crippen molar-refractivity contribution < 1.29 is 4.79 Å². The Morgan fingerprint density at radius 2 is 2.14 bits per heavy atom. The van der Waals surface area contributed by atoms with Gasteiger partial charge in [0.25, 0.3) is 0 Å². The molecule has 0 aromatic heterocycles. The van der Waals surface area contributed by atoms with E-state index in [2.05, 4.69) is 28.8 Å². The third-order valence-electron chi connectivity index (χ3n) is 2.35. The monoisotopic (exact) mass is 303 g/mol. The number of allylic oxidation sites excluding steroid dienone is 2. The molecule has 0 unspecified atom stereocenters. The van der Waals surface area contributed by atoms with Crippen LogP contribution in [0.25, 0.3) is 0 Å².